The van der Waals surface area contributed by atoms with Crippen molar-refractivity contribution in [2.75, 3.05) is 7.11 Å². The molecule has 1 N–H and O–H groups in total. The first-order valence-corrected chi connectivity index (χ1v) is 5.18. The number of halogens is 1. The third kappa shape index (κ3) is 3.28. The number of benzene rings is 1. The topological polar surface area (TPSA) is 89.7 Å². The van der Waals surface area contributed by atoms with Gasteiger partial charge < -0.3 is 9.84 Å². The number of carbonyl (C=O) groups is 1. The highest BCUT2D eigenvalue weighted by atomic mass is 79.9. The molecular formula is C10H8BrNO5. The Morgan fingerprint density at radius 3 is 2.71 bits per heavy atom. The number of methoxy groups -OCH3 is 1. The van der Waals surface area contributed by atoms with Crippen LogP contribution in [0.25, 0.3) is 6.08 Å². The van der Waals surface area contributed by atoms with E-state index in [2.05, 4.69) is 15.9 Å². The fraction of sp³-hybridized carbons (Fsp3) is 0.100. The normalized spacial score (nSPS) is 10.5. The van der Waals surface area contributed by atoms with Gasteiger partial charge in [-0.2, -0.15) is 0 Å². The molecule has 1 aromatic carbocycles. The molecule has 0 radical (unpaired) electrons. The first kappa shape index (κ1) is 13.2. The van der Waals surface area contributed by atoms with E-state index < -0.39 is 10.9 Å². The van der Waals surface area contributed by atoms with E-state index in [-0.39, 0.29) is 11.4 Å². The second-order valence-electron chi connectivity index (χ2n) is 2.98. The number of ether oxygens (including phenoxy) is 1. The third-order valence-corrected chi connectivity index (χ3v) is 2.33. The molecule has 0 aromatic heterocycles. The first-order chi connectivity index (χ1) is 7.95. The number of carboxylic acids is 1. The lowest BCUT2D eigenvalue weighted by molar-refractivity contribution is -0.385. The predicted octanol–water partition coefficient (Wildman–Crippen LogP) is 2.46. The minimum atomic E-state index is -1.14. The van der Waals surface area contributed by atoms with Gasteiger partial charge in [0.25, 0.3) is 0 Å². The molecule has 0 unspecified atom stereocenters. The van der Waals surface area contributed by atoms with Crippen LogP contribution < -0.4 is 4.74 Å². The van der Waals surface area contributed by atoms with E-state index in [1.165, 1.54) is 25.3 Å². The molecule has 0 saturated carbocycles. The second kappa shape index (κ2) is 5.44. The molecule has 6 nitrogen and oxygen atoms in total. The molecule has 7 heteroatoms. The van der Waals surface area contributed by atoms with Crippen molar-refractivity contribution < 1.29 is 19.6 Å². The summed E-state index contributed by atoms with van der Waals surface area (Å²) in [4.78, 5) is 20.6. The summed E-state index contributed by atoms with van der Waals surface area (Å²) in [7, 11) is 1.29. The molecule has 17 heavy (non-hydrogen) atoms. The molecule has 0 fully saturated rings. The van der Waals surface area contributed by atoms with Crippen LogP contribution in [0.1, 0.15) is 5.56 Å². The lowest BCUT2D eigenvalue weighted by Crippen LogP contribution is -1.96. The van der Waals surface area contributed by atoms with Crippen molar-refractivity contribution in [2.24, 2.45) is 0 Å². The smallest absolute Gasteiger partial charge is 0.328 e. The molecule has 0 saturated heterocycles. The Hall–Kier alpha value is -1.89. The number of nitrogens with zero attached hydrogens (tertiary/aromatic N) is 1. The minimum absolute atomic E-state index is 0.0238. The van der Waals surface area contributed by atoms with Crippen LogP contribution >= 0.6 is 15.9 Å². The van der Waals surface area contributed by atoms with Crippen molar-refractivity contribution >= 4 is 33.7 Å². The highest BCUT2D eigenvalue weighted by Crippen LogP contribution is 2.35. The van der Waals surface area contributed by atoms with Gasteiger partial charge >= 0.3 is 11.7 Å². The lowest BCUT2D eigenvalue weighted by Gasteiger charge is -2.06. The number of aliphatic carboxylic acids is 1. The maximum atomic E-state index is 10.8. The largest absolute Gasteiger partial charge is 0.490 e. The van der Waals surface area contributed by atoms with Gasteiger partial charge in [0.1, 0.15) is 0 Å². The Bertz CT molecular complexity index is 498. The van der Waals surface area contributed by atoms with E-state index in [0.717, 1.165) is 6.08 Å². The maximum absolute atomic E-state index is 10.8. The van der Waals surface area contributed by atoms with Crippen molar-refractivity contribution in [3.05, 3.63) is 38.4 Å². The Morgan fingerprint density at radius 1 is 1.59 bits per heavy atom. The minimum Gasteiger partial charge on any atom is -0.490 e. The third-order valence-electron chi connectivity index (χ3n) is 1.87. The van der Waals surface area contributed by atoms with Gasteiger partial charge in [-0.05, 0) is 12.1 Å². The lowest BCUT2D eigenvalue weighted by atomic mass is 10.1. The summed E-state index contributed by atoms with van der Waals surface area (Å²) in [6.07, 6.45) is 2.12. The fourth-order valence-corrected chi connectivity index (χ4v) is 1.71. The summed E-state index contributed by atoms with van der Waals surface area (Å²) >= 11 is 3.11. The van der Waals surface area contributed by atoms with Gasteiger partial charge in [-0.25, -0.2) is 4.79 Å². The van der Waals surface area contributed by atoms with Crippen molar-refractivity contribution in [1.29, 1.82) is 0 Å². The Kier molecular flexibility index (Phi) is 4.22. The van der Waals surface area contributed by atoms with Crippen molar-refractivity contribution in [2.45, 2.75) is 0 Å². The molecule has 0 amide bonds. The molecule has 90 valence electrons. The van der Waals surface area contributed by atoms with Crippen molar-refractivity contribution in [3.8, 4) is 5.75 Å². The summed E-state index contributed by atoms with van der Waals surface area (Å²) in [6.45, 7) is 0. The molecule has 0 aliphatic carbocycles. The standard InChI is InChI=1S/C10H8BrNO5/c1-17-10-6(2-3-9(13)14)4-7(11)5-8(10)12(15)16/h2-5H,1H3,(H,13,14)/b3-2+. The van der Waals surface area contributed by atoms with Crippen LogP contribution in [0.2, 0.25) is 0 Å². The Morgan fingerprint density at radius 2 is 2.24 bits per heavy atom. The second-order valence-corrected chi connectivity index (χ2v) is 3.89. The molecule has 0 spiro atoms. The predicted molar refractivity (Wildman–Crippen MR) is 64.0 cm³/mol. The van der Waals surface area contributed by atoms with Crippen molar-refractivity contribution in [3.63, 3.8) is 0 Å². The molecule has 0 bridgehead atoms. The number of nitro groups is 1. The van der Waals surface area contributed by atoms with E-state index in [9.17, 15) is 14.9 Å². The van der Waals surface area contributed by atoms with Crippen LogP contribution in [0.5, 0.6) is 5.75 Å². The number of hydrogen-bond acceptors (Lipinski definition) is 4. The summed E-state index contributed by atoms with van der Waals surface area (Å²) in [5.74, 6) is -1.12. The zero-order chi connectivity index (χ0) is 13.0. The zero-order valence-electron chi connectivity index (χ0n) is 8.71. The van der Waals surface area contributed by atoms with Gasteiger partial charge in [0, 0.05) is 22.2 Å². The van der Waals surface area contributed by atoms with Crippen LogP contribution in [-0.2, 0) is 4.79 Å². The molecule has 0 heterocycles. The van der Waals surface area contributed by atoms with Gasteiger partial charge in [-0.1, -0.05) is 15.9 Å². The van der Waals surface area contributed by atoms with Gasteiger partial charge in [-0.3, -0.25) is 10.1 Å². The average molecular weight is 302 g/mol. The molecule has 0 aliphatic heterocycles. The maximum Gasteiger partial charge on any atom is 0.328 e. The quantitative estimate of drug-likeness (QED) is 0.524. The molecule has 1 rings (SSSR count). The zero-order valence-corrected chi connectivity index (χ0v) is 10.3. The number of rotatable bonds is 4. The van der Waals surface area contributed by atoms with Gasteiger partial charge in [0.2, 0.25) is 5.75 Å². The van der Waals surface area contributed by atoms with Crippen LogP contribution in [0.3, 0.4) is 0 Å². The van der Waals surface area contributed by atoms with E-state index in [4.69, 9.17) is 9.84 Å². The highest BCUT2D eigenvalue weighted by Gasteiger charge is 2.18. The number of carboxylic acid groups (broad SMARTS) is 1. The summed E-state index contributed by atoms with van der Waals surface area (Å²) in [5.41, 5.74) is 0.0860. The van der Waals surface area contributed by atoms with Crippen LogP contribution in [-0.4, -0.2) is 23.1 Å². The number of hydrogen-bond donors (Lipinski definition) is 1. The summed E-state index contributed by atoms with van der Waals surface area (Å²) in [6, 6.07) is 2.82. The first-order valence-electron chi connectivity index (χ1n) is 4.38. The summed E-state index contributed by atoms with van der Waals surface area (Å²) in [5, 5.41) is 19.3. The van der Waals surface area contributed by atoms with Crippen LogP contribution in [0.4, 0.5) is 5.69 Å². The van der Waals surface area contributed by atoms with E-state index >= 15 is 0 Å². The SMILES string of the molecule is COc1c(/C=C/C(=O)O)cc(Br)cc1[N+](=O)[O-]. The van der Waals surface area contributed by atoms with Crippen LogP contribution in [0, 0.1) is 10.1 Å². The Labute approximate surface area is 105 Å². The van der Waals surface area contributed by atoms with E-state index in [0.29, 0.717) is 10.0 Å². The van der Waals surface area contributed by atoms with E-state index in [1.807, 2.05) is 0 Å². The van der Waals surface area contributed by atoms with Crippen LogP contribution in [0.15, 0.2) is 22.7 Å². The molecule has 1 aromatic rings. The molecule has 0 atom stereocenters. The molecular weight excluding hydrogens is 294 g/mol. The summed E-state index contributed by atoms with van der Waals surface area (Å²) < 4.78 is 5.39. The average Bonchev–Trinajstić information content (AvgIpc) is 2.25. The fourth-order valence-electron chi connectivity index (χ4n) is 1.24. The monoisotopic (exact) mass is 301 g/mol. The number of nitro benzene ring substituents is 1. The molecule has 0 aliphatic rings. The van der Waals surface area contributed by atoms with Crippen molar-refractivity contribution in [1.82, 2.24) is 0 Å². The van der Waals surface area contributed by atoms with E-state index in [1.54, 1.807) is 0 Å². The van der Waals surface area contributed by atoms with Gasteiger partial charge in [-0.15, -0.1) is 0 Å². The van der Waals surface area contributed by atoms with Gasteiger partial charge in [0.15, 0.2) is 0 Å². The van der Waals surface area contributed by atoms with Gasteiger partial charge in [0.05, 0.1) is 12.0 Å². The highest BCUT2D eigenvalue weighted by molar-refractivity contribution is 9.10. The Balaban J connectivity index is 3.38.